The molecule has 1 aromatic carbocycles. The van der Waals surface area contributed by atoms with Crippen molar-refractivity contribution >= 4 is 11.8 Å². The molecule has 0 saturated carbocycles. The van der Waals surface area contributed by atoms with Crippen LogP contribution >= 0.6 is 0 Å². The fraction of sp³-hybridized carbons (Fsp3) is 0.412. The Labute approximate surface area is 131 Å². The Hall–Kier alpha value is -2.17. The van der Waals surface area contributed by atoms with Crippen LogP contribution in [-0.4, -0.2) is 23.1 Å². The standard InChI is InChI=1S/C17H23FN4/c1-2-3-6-11-20-17-21-13-10-16(22-17)19-12-9-14-7-4-5-8-15(14)18/h4-5,7-8,10,13H,2-3,6,9,11-12H2,1H3,(H2,19,20,21,22). The van der Waals surface area contributed by atoms with E-state index in [2.05, 4.69) is 27.5 Å². The van der Waals surface area contributed by atoms with Crippen LogP contribution in [0, 0.1) is 5.82 Å². The number of anilines is 2. The van der Waals surface area contributed by atoms with Crippen LogP contribution in [0.4, 0.5) is 16.2 Å². The summed E-state index contributed by atoms with van der Waals surface area (Å²) in [6, 6.07) is 8.66. The van der Waals surface area contributed by atoms with Crippen LogP contribution in [0.15, 0.2) is 36.5 Å². The van der Waals surface area contributed by atoms with E-state index in [4.69, 9.17) is 0 Å². The summed E-state index contributed by atoms with van der Waals surface area (Å²) in [5.74, 6) is 1.22. The van der Waals surface area contributed by atoms with Gasteiger partial charge in [-0.1, -0.05) is 38.0 Å². The Morgan fingerprint density at radius 2 is 1.91 bits per heavy atom. The lowest BCUT2D eigenvalue weighted by molar-refractivity contribution is 0.610. The quantitative estimate of drug-likeness (QED) is 0.690. The third-order valence-electron chi connectivity index (χ3n) is 3.38. The fourth-order valence-electron chi connectivity index (χ4n) is 2.14. The van der Waals surface area contributed by atoms with Crippen LogP contribution in [0.25, 0.3) is 0 Å². The minimum absolute atomic E-state index is 0.162. The van der Waals surface area contributed by atoms with Gasteiger partial charge in [0.2, 0.25) is 5.95 Å². The zero-order chi connectivity index (χ0) is 15.6. The van der Waals surface area contributed by atoms with Crippen LogP contribution in [0.5, 0.6) is 0 Å². The number of rotatable bonds is 9. The predicted octanol–water partition coefficient (Wildman–Crippen LogP) is 3.87. The van der Waals surface area contributed by atoms with Gasteiger partial charge >= 0.3 is 0 Å². The highest BCUT2D eigenvalue weighted by Gasteiger charge is 2.02. The fourth-order valence-corrected chi connectivity index (χ4v) is 2.14. The molecule has 0 unspecified atom stereocenters. The SMILES string of the molecule is CCCCCNc1nccc(NCCc2ccccc2F)n1. The number of halogens is 1. The highest BCUT2D eigenvalue weighted by Crippen LogP contribution is 2.09. The third-order valence-corrected chi connectivity index (χ3v) is 3.38. The maximum Gasteiger partial charge on any atom is 0.224 e. The summed E-state index contributed by atoms with van der Waals surface area (Å²) < 4.78 is 13.5. The van der Waals surface area contributed by atoms with Crippen molar-refractivity contribution in [1.82, 2.24) is 9.97 Å². The molecule has 0 radical (unpaired) electrons. The molecule has 0 fully saturated rings. The van der Waals surface area contributed by atoms with Crippen molar-refractivity contribution in [3.63, 3.8) is 0 Å². The third kappa shape index (κ3) is 5.31. The molecular weight excluding hydrogens is 279 g/mol. The van der Waals surface area contributed by atoms with E-state index in [0.29, 0.717) is 24.5 Å². The second-order valence-corrected chi connectivity index (χ2v) is 5.17. The minimum Gasteiger partial charge on any atom is -0.370 e. The molecule has 2 aromatic rings. The maximum absolute atomic E-state index is 13.5. The highest BCUT2D eigenvalue weighted by molar-refractivity contribution is 5.39. The maximum atomic E-state index is 13.5. The average molecular weight is 302 g/mol. The van der Waals surface area contributed by atoms with Crippen LogP contribution < -0.4 is 10.6 Å². The second-order valence-electron chi connectivity index (χ2n) is 5.17. The van der Waals surface area contributed by atoms with E-state index in [1.54, 1.807) is 18.3 Å². The van der Waals surface area contributed by atoms with Crippen molar-refractivity contribution < 1.29 is 4.39 Å². The average Bonchev–Trinajstić information content (AvgIpc) is 2.54. The molecule has 0 atom stereocenters. The van der Waals surface area contributed by atoms with E-state index in [-0.39, 0.29) is 5.82 Å². The van der Waals surface area contributed by atoms with Crippen LogP contribution in [0.3, 0.4) is 0 Å². The summed E-state index contributed by atoms with van der Waals surface area (Å²) in [6.45, 7) is 3.69. The molecule has 5 heteroatoms. The van der Waals surface area contributed by atoms with Gasteiger partial charge in [0.05, 0.1) is 0 Å². The topological polar surface area (TPSA) is 49.8 Å². The molecule has 1 aromatic heterocycles. The highest BCUT2D eigenvalue weighted by atomic mass is 19.1. The number of nitrogens with one attached hydrogen (secondary N) is 2. The molecule has 0 bridgehead atoms. The molecule has 1 heterocycles. The van der Waals surface area contributed by atoms with Gasteiger partial charge in [-0.15, -0.1) is 0 Å². The first-order valence-electron chi connectivity index (χ1n) is 7.84. The molecule has 118 valence electrons. The number of nitrogens with zero attached hydrogens (tertiary/aromatic N) is 2. The molecule has 0 amide bonds. The lowest BCUT2D eigenvalue weighted by atomic mass is 10.1. The molecule has 2 rings (SSSR count). The minimum atomic E-state index is -0.162. The van der Waals surface area contributed by atoms with Gasteiger partial charge in [0.25, 0.3) is 0 Å². The first-order chi connectivity index (χ1) is 10.8. The Bertz CT molecular complexity index is 574. The van der Waals surface area contributed by atoms with Gasteiger partial charge in [-0.05, 0) is 30.5 Å². The van der Waals surface area contributed by atoms with Gasteiger partial charge in [-0.25, -0.2) is 9.37 Å². The lowest BCUT2D eigenvalue weighted by Gasteiger charge is -2.08. The molecule has 0 saturated heterocycles. The summed E-state index contributed by atoms with van der Waals surface area (Å²) in [6.07, 6.45) is 5.86. The predicted molar refractivity (Wildman–Crippen MR) is 88.6 cm³/mol. The van der Waals surface area contributed by atoms with E-state index < -0.39 is 0 Å². The summed E-state index contributed by atoms with van der Waals surface area (Å²) in [5, 5.41) is 6.42. The van der Waals surface area contributed by atoms with Gasteiger partial charge in [-0.2, -0.15) is 4.98 Å². The number of hydrogen-bond donors (Lipinski definition) is 2. The lowest BCUT2D eigenvalue weighted by Crippen LogP contribution is -2.10. The molecule has 4 nitrogen and oxygen atoms in total. The van der Waals surface area contributed by atoms with Gasteiger partial charge < -0.3 is 10.6 Å². The summed E-state index contributed by atoms with van der Waals surface area (Å²) in [4.78, 5) is 8.59. The molecule has 0 aliphatic heterocycles. The zero-order valence-electron chi connectivity index (χ0n) is 13.0. The molecule has 0 aliphatic rings. The normalized spacial score (nSPS) is 10.5. The molecule has 22 heavy (non-hydrogen) atoms. The first kappa shape index (κ1) is 16.2. The van der Waals surface area contributed by atoms with Gasteiger partial charge in [0.15, 0.2) is 0 Å². The molecule has 2 N–H and O–H groups in total. The summed E-state index contributed by atoms with van der Waals surface area (Å²) in [5.41, 5.74) is 0.710. The van der Waals surface area contributed by atoms with Crippen molar-refractivity contribution in [3.8, 4) is 0 Å². The van der Waals surface area contributed by atoms with Gasteiger partial charge in [0, 0.05) is 19.3 Å². The van der Waals surface area contributed by atoms with E-state index in [1.165, 1.54) is 18.9 Å². The zero-order valence-corrected chi connectivity index (χ0v) is 13.0. The Balaban J connectivity index is 1.79. The monoisotopic (exact) mass is 302 g/mol. The Morgan fingerprint density at radius 3 is 2.73 bits per heavy atom. The van der Waals surface area contributed by atoms with E-state index in [0.717, 1.165) is 18.8 Å². The molecule has 0 aliphatic carbocycles. The summed E-state index contributed by atoms with van der Waals surface area (Å²) in [7, 11) is 0. The Kier molecular flexibility index (Phi) is 6.61. The van der Waals surface area contributed by atoms with E-state index >= 15 is 0 Å². The molecular formula is C17H23FN4. The number of benzene rings is 1. The largest absolute Gasteiger partial charge is 0.370 e. The van der Waals surface area contributed by atoms with Crippen LogP contribution in [0.2, 0.25) is 0 Å². The van der Waals surface area contributed by atoms with Crippen LogP contribution in [0.1, 0.15) is 31.7 Å². The van der Waals surface area contributed by atoms with E-state index in [9.17, 15) is 4.39 Å². The van der Waals surface area contributed by atoms with Gasteiger partial charge in [0.1, 0.15) is 11.6 Å². The summed E-state index contributed by atoms with van der Waals surface area (Å²) >= 11 is 0. The molecule has 0 spiro atoms. The first-order valence-corrected chi connectivity index (χ1v) is 7.84. The van der Waals surface area contributed by atoms with Crippen molar-refractivity contribution in [2.24, 2.45) is 0 Å². The van der Waals surface area contributed by atoms with Crippen molar-refractivity contribution in [2.75, 3.05) is 23.7 Å². The number of unbranched alkanes of at least 4 members (excludes halogenated alkanes) is 2. The van der Waals surface area contributed by atoms with Crippen LogP contribution in [-0.2, 0) is 6.42 Å². The van der Waals surface area contributed by atoms with Crippen molar-refractivity contribution in [3.05, 3.63) is 47.9 Å². The van der Waals surface area contributed by atoms with Crippen molar-refractivity contribution in [1.29, 1.82) is 0 Å². The van der Waals surface area contributed by atoms with Crippen molar-refractivity contribution in [2.45, 2.75) is 32.6 Å². The second kappa shape index (κ2) is 8.97. The van der Waals surface area contributed by atoms with Gasteiger partial charge in [-0.3, -0.25) is 0 Å². The number of hydrogen-bond acceptors (Lipinski definition) is 4. The smallest absolute Gasteiger partial charge is 0.224 e. The van der Waals surface area contributed by atoms with E-state index in [1.807, 2.05) is 12.1 Å². The number of aromatic nitrogens is 2. The Morgan fingerprint density at radius 1 is 1.05 bits per heavy atom.